The third kappa shape index (κ3) is 3.49. The Kier molecular flexibility index (Phi) is 6.08. The van der Waals surface area contributed by atoms with E-state index in [1.165, 1.54) is 11.1 Å². The van der Waals surface area contributed by atoms with E-state index in [2.05, 4.69) is 38.1 Å². The number of aryl methyl sites for hydroxylation is 2. The quantitative estimate of drug-likeness (QED) is 0.674. The summed E-state index contributed by atoms with van der Waals surface area (Å²) in [4.78, 5) is 0. The Bertz CT molecular complexity index is 187. The molecule has 0 fully saturated rings. The fraction of sp³-hybridized carbons (Fsp3) is 0.400. The van der Waals surface area contributed by atoms with Crippen LogP contribution in [0.15, 0.2) is 18.2 Å². The van der Waals surface area contributed by atoms with Crippen LogP contribution in [0, 0.1) is 6.07 Å². The fourth-order valence-electron chi connectivity index (χ4n) is 0.985. The first-order chi connectivity index (χ1) is 4.86. The summed E-state index contributed by atoms with van der Waals surface area (Å²) < 4.78 is 0. The molecule has 0 nitrogen and oxygen atoms in total. The third-order valence-corrected chi connectivity index (χ3v) is 1.72. The maximum atomic E-state index is 3.13. The number of rotatable bonds is 2. The smallest absolute Gasteiger partial charge is 0 e. The average molecular weight is 222 g/mol. The summed E-state index contributed by atoms with van der Waals surface area (Å²) in [7, 11) is 0. The van der Waals surface area contributed by atoms with E-state index in [0.717, 1.165) is 12.8 Å². The molecule has 0 aromatic heterocycles. The molecule has 1 rings (SSSR count). The van der Waals surface area contributed by atoms with Crippen LogP contribution in [0.1, 0.15) is 25.0 Å². The van der Waals surface area contributed by atoms with Crippen molar-refractivity contribution in [1.82, 2.24) is 0 Å². The van der Waals surface area contributed by atoms with Crippen LogP contribution in [0.3, 0.4) is 0 Å². The zero-order valence-corrected chi connectivity index (χ0v) is 10.1. The van der Waals surface area contributed by atoms with Crippen molar-refractivity contribution in [2.24, 2.45) is 0 Å². The van der Waals surface area contributed by atoms with Crippen molar-refractivity contribution >= 4 is 0 Å². The molecule has 0 N–H and O–H groups in total. The van der Waals surface area contributed by atoms with Gasteiger partial charge in [0, 0.05) is 32.7 Å². The topological polar surface area (TPSA) is 0 Å². The van der Waals surface area contributed by atoms with Crippen LogP contribution >= 0.6 is 0 Å². The predicted octanol–water partition coefficient (Wildman–Crippen LogP) is 2.61. The van der Waals surface area contributed by atoms with Crippen molar-refractivity contribution in [3.63, 3.8) is 0 Å². The normalized spacial score (nSPS) is 8.91. The maximum Gasteiger partial charge on any atom is 0 e. The molecule has 0 heterocycles. The van der Waals surface area contributed by atoms with Gasteiger partial charge in [-0.05, 0) is 0 Å². The van der Waals surface area contributed by atoms with E-state index < -0.39 is 0 Å². The van der Waals surface area contributed by atoms with Gasteiger partial charge in [0.1, 0.15) is 0 Å². The summed E-state index contributed by atoms with van der Waals surface area (Å²) in [5, 5.41) is 0. The first-order valence-electron chi connectivity index (χ1n) is 3.85. The van der Waals surface area contributed by atoms with E-state index in [1.54, 1.807) is 0 Å². The van der Waals surface area contributed by atoms with Gasteiger partial charge in [-0.15, -0.1) is 0 Å². The molecular weight excluding hydrogens is 209 g/mol. The molecule has 0 bridgehead atoms. The Morgan fingerprint density at radius 2 is 1.55 bits per heavy atom. The molecular formula is C10H13Y-. The van der Waals surface area contributed by atoms with Crippen LogP contribution < -0.4 is 0 Å². The Morgan fingerprint density at radius 1 is 1.09 bits per heavy atom. The second-order valence-corrected chi connectivity index (χ2v) is 2.46. The molecule has 0 aliphatic rings. The molecule has 57 valence electrons. The molecule has 0 amide bonds. The molecule has 1 aromatic rings. The van der Waals surface area contributed by atoms with Crippen molar-refractivity contribution in [3.05, 3.63) is 35.4 Å². The van der Waals surface area contributed by atoms with Gasteiger partial charge in [-0.2, -0.15) is 35.4 Å². The number of hydrogen-bond acceptors (Lipinski definition) is 0. The zero-order chi connectivity index (χ0) is 7.40. The largest absolute Gasteiger partial charge is 0.183 e. The van der Waals surface area contributed by atoms with E-state index in [0.29, 0.717) is 0 Å². The molecule has 11 heavy (non-hydrogen) atoms. The van der Waals surface area contributed by atoms with Gasteiger partial charge >= 0.3 is 0 Å². The standard InChI is InChI=1S/C10H13.Y/c1-3-9-6-5-7-10(4-2)8-9;/h6-8H,3-4H2,1-2H3;/q-1;. The number of hydrogen-bond donors (Lipinski definition) is 0. The van der Waals surface area contributed by atoms with Gasteiger partial charge in [-0.1, -0.05) is 26.7 Å². The molecule has 0 spiro atoms. The van der Waals surface area contributed by atoms with E-state index in [1.807, 2.05) is 0 Å². The SMILES string of the molecule is CCc1c[c-]cc(CC)c1.[Y]. The summed E-state index contributed by atoms with van der Waals surface area (Å²) in [5.41, 5.74) is 2.78. The minimum absolute atomic E-state index is 0. The monoisotopic (exact) mass is 222 g/mol. The van der Waals surface area contributed by atoms with Crippen LogP contribution in [0.4, 0.5) is 0 Å². The molecule has 1 heteroatoms. The summed E-state index contributed by atoms with van der Waals surface area (Å²) in [6.45, 7) is 4.34. The summed E-state index contributed by atoms with van der Waals surface area (Å²) in [6.07, 6.45) is 2.23. The van der Waals surface area contributed by atoms with Gasteiger partial charge in [0.25, 0.3) is 0 Å². The van der Waals surface area contributed by atoms with E-state index in [9.17, 15) is 0 Å². The Hall–Kier alpha value is 0.324. The second-order valence-electron chi connectivity index (χ2n) is 2.46. The van der Waals surface area contributed by atoms with E-state index in [-0.39, 0.29) is 32.7 Å². The molecule has 0 aliphatic carbocycles. The molecule has 0 atom stereocenters. The van der Waals surface area contributed by atoms with Crippen LogP contribution in [-0.4, -0.2) is 0 Å². The van der Waals surface area contributed by atoms with E-state index >= 15 is 0 Å². The van der Waals surface area contributed by atoms with Crippen molar-refractivity contribution in [1.29, 1.82) is 0 Å². The summed E-state index contributed by atoms with van der Waals surface area (Å²) >= 11 is 0. The second kappa shape index (κ2) is 5.91. The zero-order valence-electron chi connectivity index (χ0n) is 7.22. The van der Waals surface area contributed by atoms with Gasteiger partial charge in [0.2, 0.25) is 0 Å². The predicted molar refractivity (Wildman–Crippen MR) is 44.0 cm³/mol. The average Bonchev–Trinajstić information content (AvgIpc) is 2.05. The van der Waals surface area contributed by atoms with Gasteiger partial charge < -0.3 is 0 Å². The van der Waals surface area contributed by atoms with Gasteiger partial charge in [-0.3, -0.25) is 0 Å². The first-order valence-corrected chi connectivity index (χ1v) is 3.85. The van der Waals surface area contributed by atoms with Gasteiger partial charge in [0.15, 0.2) is 0 Å². The van der Waals surface area contributed by atoms with Crippen LogP contribution in [0.2, 0.25) is 0 Å². The summed E-state index contributed by atoms with van der Waals surface area (Å²) in [5.74, 6) is 0. The molecule has 0 saturated carbocycles. The Labute approximate surface area is 94.3 Å². The molecule has 1 radical (unpaired) electrons. The molecule has 0 unspecified atom stereocenters. The van der Waals surface area contributed by atoms with Gasteiger partial charge in [-0.25, -0.2) is 0 Å². The Balaban J connectivity index is 0.000001000. The van der Waals surface area contributed by atoms with E-state index in [4.69, 9.17) is 0 Å². The van der Waals surface area contributed by atoms with Crippen LogP contribution in [0.25, 0.3) is 0 Å². The minimum atomic E-state index is 0. The number of benzene rings is 1. The van der Waals surface area contributed by atoms with Crippen LogP contribution in [-0.2, 0) is 45.6 Å². The van der Waals surface area contributed by atoms with Crippen molar-refractivity contribution in [3.8, 4) is 0 Å². The molecule has 0 saturated heterocycles. The Morgan fingerprint density at radius 3 is 1.91 bits per heavy atom. The maximum absolute atomic E-state index is 3.13. The van der Waals surface area contributed by atoms with Crippen LogP contribution in [0.5, 0.6) is 0 Å². The fourth-order valence-corrected chi connectivity index (χ4v) is 0.985. The van der Waals surface area contributed by atoms with Crippen molar-refractivity contribution < 1.29 is 32.7 Å². The third-order valence-electron chi connectivity index (χ3n) is 1.72. The van der Waals surface area contributed by atoms with Gasteiger partial charge in [0.05, 0.1) is 0 Å². The van der Waals surface area contributed by atoms with Crippen molar-refractivity contribution in [2.75, 3.05) is 0 Å². The molecule has 0 aliphatic heterocycles. The summed E-state index contributed by atoms with van der Waals surface area (Å²) in [6, 6.07) is 9.49. The minimum Gasteiger partial charge on any atom is -0.183 e. The van der Waals surface area contributed by atoms with Crippen molar-refractivity contribution in [2.45, 2.75) is 26.7 Å². The first kappa shape index (κ1) is 11.3. The molecule has 1 aromatic carbocycles.